The van der Waals surface area contributed by atoms with Crippen LogP contribution in [-0.4, -0.2) is 45.9 Å². The van der Waals surface area contributed by atoms with Gasteiger partial charge in [-0.3, -0.25) is 14.5 Å². The van der Waals surface area contributed by atoms with E-state index in [0.717, 1.165) is 4.90 Å². The Morgan fingerprint density at radius 3 is 2.50 bits per heavy atom. The highest BCUT2D eigenvalue weighted by Crippen LogP contribution is 2.26. The predicted octanol–water partition coefficient (Wildman–Crippen LogP) is -0.109. The van der Waals surface area contributed by atoms with Gasteiger partial charge in [-0.15, -0.1) is 0 Å². The Balaban J connectivity index is 2.82. The summed E-state index contributed by atoms with van der Waals surface area (Å²) in [6, 6.07) is 0. The van der Waals surface area contributed by atoms with Crippen LogP contribution in [0.1, 0.15) is 0 Å². The summed E-state index contributed by atoms with van der Waals surface area (Å²) >= 11 is 6.04. The second-order valence-electron chi connectivity index (χ2n) is 2.51. The number of carbonyl (C=O) groups excluding carboxylic acids is 2. The van der Waals surface area contributed by atoms with Crippen LogP contribution in [0.5, 0.6) is 0 Å². The zero-order valence-corrected chi connectivity index (χ0v) is 8.32. The fourth-order valence-corrected chi connectivity index (χ4v) is 2.10. The molecule has 1 unspecified atom stereocenters. The number of imide groups is 1. The maximum Gasteiger partial charge on any atom is 0.262 e. The number of thioether (sulfide) groups is 1. The first-order valence-electron chi connectivity index (χ1n) is 3.23. The van der Waals surface area contributed by atoms with Crippen molar-refractivity contribution in [3.63, 3.8) is 0 Å². The Morgan fingerprint density at radius 1 is 1.67 bits per heavy atom. The van der Waals surface area contributed by atoms with Crippen LogP contribution in [0.4, 0.5) is 0 Å². The van der Waals surface area contributed by atoms with E-state index in [9.17, 15) is 9.59 Å². The van der Waals surface area contributed by atoms with Crippen molar-refractivity contribution in [3.8, 4) is 0 Å². The molecule has 0 aromatic rings. The van der Waals surface area contributed by atoms with E-state index in [4.69, 9.17) is 12.2 Å². The molecule has 6 heteroatoms. The smallest absolute Gasteiger partial charge is 0.262 e. The molecule has 0 saturated carbocycles. The Kier molecular flexibility index (Phi) is 2.81. The zero-order valence-electron chi connectivity index (χ0n) is 6.68. The number of carbonyl (C=O) groups is 2. The van der Waals surface area contributed by atoms with E-state index in [-0.39, 0.29) is 11.3 Å². The normalized spacial score (nSPS) is 23.9. The molecule has 0 bridgehead atoms. The minimum Gasteiger partial charge on any atom is -0.289 e. The lowest BCUT2D eigenvalue weighted by Gasteiger charge is -2.14. The number of nitrogens with zero attached hydrogens (tertiary/aromatic N) is 2. The molecule has 1 rings (SSSR count). The first-order chi connectivity index (χ1) is 5.57. The van der Waals surface area contributed by atoms with Gasteiger partial charge in [0.05, 0.1) is 0 Å². The Morgan fingerprint density at radius 2 is 2.25 bits per heavy atom. The highest BCUT2D eigenvalue weighted by Gasteiger charge is 2.37. The molecule has 1 atom stereocenters. The van der Waals surface area contributed by atoms with Crippen LogP contribution in [0.3, 0.4) is 0 Å². The molecule has 0 radical (unpaired) electrons. The summed E-state index contributed by atoms with van der Waals surface area (Å²) in [6.45, 7) is 0. The van der Waals surface area contributed by atoms with Gasteiger partial charge in [0.15, 0.2) is 4.32 Å². The maximum absolute atomic E-state index is 11.3. The van der Waals surface area contributed by atoms with E-state index >= 15 is 0 Å². The highest BCUT2D eigenvalue weighted by molar-refractivity contribution is 8.24. The molecule has 4 nitrogen and oxygen atoms in total. The fourth-order valence-electron chi connectivity index (χ4n) is 0.833. The van der Waals surface area contributed by atoms with Gasteiger partial charge in [0, 0.05) is 0 Å². The van der Waals surface area contributed by atoms with Gasteiger partial charge in [-0.1, -0.05) is 24.0 Å². The second-order valence-corrected chi connectivity index (χ2v) is 4.23. The molecule has 2 amide bonds. The zero-order chi connectivity index (χ0) is 9.30. The number of hydrogen-bond donors (Lipinski definition) is 0. The topological polar surface area (TPSA) is 40.6 Å². The van der Waals surface area contributed by atoms with E-state index in [0.29, 0.717) is 10.7 Å². The average Bonchev–Trinajstić information content (AvgIpc) is 2.27. The molecule has 1 aliphatic heterocycles. The van der Waals surface area contributed by atoms with Crippen LogP contribution in [0.2, 0.25) is 0 Å². The first kappa shape index (κ1) is 9.63. The van der Waals surface area contributed by atoms with Gasteiger partial charge in [-0.25, -0.2) is 4.90 Å². The van der Waals surface area contributed by atoms with Crippen molar-refractivity contribution < 1.29 is 9.59 Å². The third-order valence-corrected chi connectivity index (χ3v) is 3.16. The van der Waals surface area contributed by atoms with Crippen molar-refractivity contribution in [3.05, 3.63) is 0 Å². The highest BCUT2D eigenvalue weighted by atomic mass is 32.2. The van der Waals surface area contributed by atoms with Crippen LogP contribution in [0.15, 0.2) is 0 Å². The van der Waals surface area contributed by atoms with Crippen LogP contribution < -0.4 is 0 Å². The standard InChI is InChI=1S/C6H8N2O2S2/c1-7(2)5-4(10)8(3-9)6(11)12-5/h3,5H,1-2H3. The lowest BCUT2D eigenvalue weighted by Crippen LogP contribution is -2.36. The molecule has 0 aromatic carbocycles. The van der Waals surface area contributed by atoms with Gasteiger partial charge in [0.2, 0.25) is 6.41 Å². The molecule has 66 valence electrons. The van der Waals surface area contributed by atoms with Crippen molar-refractivity contribution >= 4 is 40.6 Å². The lowest BCUT2D eigenvalue weighted by molar-refractivity contribution is -0.133. The predicted molar refractivity (Wildman–Crippen MR) is 50.6 cm³/mol. The largest absolute Gasteiger partial charge is 0.289 e. The van der Waals surface area contributed by atoms with Gasteiger partial charge in [-0.05, 0) is 14.1 Å². The summed E-state index contributed by atoms with van der Waals surface area (Å²) in [4.78, 5) is 24.4. The molecule has 1 fully saturated rings. The molecule has 0 N–H and O–H groups in total. The summed E-state index contributed by atoms with van der Waals surface area (Å²) in [5.41, 5.74) is 0. The van der Waals surface area contributed by atoms with Crippen LogP contribution in [0, 0.1) is 0 Å². The molecule has 1 saturated heterocycles. The molecule has 0 aliphatic carbocycles. The number of rotatable bonds is 2. The lowest BCUT2D eigenvalue weighted by atomic mass is 10.5. The van der Waals surface area contributed by atoms with E-state index < -0.39 is 0 Å². The van der Waals surface area contributed by atoms with Crippen molar-refractivity contribution in [2.75, 3.05) is 14.1 Å². The Labute approximate surface area is 79.9 Å². The minimum absolute atomic E-state index is 0.259. The van der Waals surface area contributed by atoms with E-state index in [1.54, 1.807) is 19.0 Å². The maximum atomic E-state index is 11.3. The van der Waals surface area contributed by atoms with E-state index in [1.165, 1.54) is 11.8 Å². The van der Waals surface area contributed by atoms with Crippen LogP contribution in [-0.2, 0) is 9.59 Å². The summed E-state index contributed by atoms with van der Waals surface area (Å²) in [6.07, 6.45) is 0.459. The number of thiocarbonyl (C=S) groups is 1. The number of hydrogen-bond acceptors (Lipinski definition) is 5. The number of amides is 2. The fraction of sp³-hybridized carbons (Fsp3) is 0.500. The monoisotopic (exact) mass is 204 g/mol. The third-order valence-electron chi connectivity index (χ3n) is 1.43. The quantitative estimate of drug-likeness (QED) is 0.464. The van der Waals surface area contributed by atoms with Gasteiger partial charge in [0.1, 0.15) is 5.37 Å². The first-order valence-corrected chi connectivity index (χ1v) is 4.52. The average molecular weight is 204 g/mol. The molecule has 0 aromatic heterocycles. The van der Waals surface area contributed by atoms with Gasteiger partial charge >= 0.3 is 0 Å². The van der Waals surface area contributed by atoms with Gasteiger partial charge < -0.3 is 0 Å². The molecule has 1 heterocycles. The Hall–Kier alpha value is -0.460. The molecule has 0 spiro atoms. The van der Waals surface area contributed by atoms with Gasteiger partial charge in [-0.2, -0.15) is 0 Å². The van der Waals surface area contributed by atoms with E-state index in [2.05, 4.69) is 0 Å². The van der Waals surface area contributed by atoms with Crippen LogP contribution in [0.25, 0.3) is 0 Å². The minimum atomic E-state index is -0.345. The van der Waals surface area contributed by atoms with Crippen LogP contribution >= 0.6 is 24.0 Å². The van der Waals surface area contributed by atoms with Crippen molar-refractivity contribution in [1.29, 1.82) is 0 Å². The van der Waals surface area contributed by atoms with Crippen molar-refractivity contribution in [2.45, 2.75) is 5.37 Å². The summed E-state index contributed by atoms with van der Waals surface area (Å²) in [5.74, 6) is -0.259. The summed E-state index contributed by atoms with van der Waals surface area (Å²) in [7, 11) is 3.54. The number of likely N-dealkylation sites (N-methyl/N-ethyl adjacent to an activating group) is 1. The second kappa shape index (κ2) is 3.51. The van der Waals surface area contributed by atoms with Crippen molar-refractivity contribution in [2.24, 2.45) is 0 Å². The van der Waals surface area contributed by atoms with Gasteiger partial charge in [0.25, 0.3) is 5.91 Å². The molecule has 1 aliphatic rings. The summed E-state index contributed by atoms with van der Waals surface area (Å²) in [5, 5.41) is -0.345. The molecular formula is C6H8N2O2S2. The third kappa shape index (κ3) is 1.50. The molecular weight excluding hydrogens is 196 g/mol. The van der Waals surface area contributed by atoms with E-state index in [1.807, 2.05) is 0 Å². The van der Waals surface area contributed by atoms with Crippen molar-refractivity contribution in [1.82, 2.24) is 9.80 Å². The molecule has 12 heavy (non-hydrogen) atoms. The summed E-state index contributed by atoms with van der Waals surface area (Å²) < 4.78 is 0.328. The SMILES string of the molecule is CN(C)C1SC(=S)N(C=O)C1=O. The Bertz CT molecular complexity index is 242.